The largest absolute Gasteiger partial charge is 0.393 e. The maximum atomic E-state index is 11.8. The minimum atomic E-state index is -0.152. The molecule has 0 aromatic carbocycles. The molecule has 0 radical (unpaired) electrons. The van der Waals surface area contributed by atoms with Crippen LogP contribution in [0.4, 0.5) is 0 Å². The fraction of sp³-hybridized carbons (Fsp3) is 0.917. The molecule has 0 heterocycles. The van der Waals surface area contributed by atoms with Gasteiger partial charge in [0.05, 0.1) is 6.10 Å². The van der Waals surface area contributed by atoms with Crippen LogP contribution in [0.15, 0.2) is 0 Å². The van der Waals surface area contributed by atoms with Crippen molar-refractivity contribution in [3.63, 3.8) is 0 Å². The van der Waals surface area contributed by atoms with E-state index in [1.807, 2.05) is 6.92 Å². The molecule has 3 heteroatoms. The molecule has 88 valence electrons. The number of aliphatic hydroxyl groups is 1. The first-order valence-corrected chi connectivity index (χ1v) is 5.99. The van der Waals surface area contributed by atoms with Crippen LogP contribution in [0.1, 0.15) is 46.5 Å². The van der Waals surface area contributed by atoms with E-state index in [1.165, 1.54) is 0 Å². The van der Waals surface area contributed by atoms with Crippen molar-refractivity contribution in [3.05, 3.63) is 0 Å². The van der Waals surface area contributed by atoms with Gasteiger partial charge in [0.25, 0.3) is 0 Å². The Labute approximate surface area is 92.3 Å². The number of rotatable bonds is 3. The number of hydrogen-bond acceptors (Lipinski definition) is 2. The van der Waals surface area contributed by atoms with E-state index < -0.39 is 0 Å². The molecular formula is C12H23NO2. The molecule has 1 fully saturated rings. The molecule has 0 saturated heterocycles. The first-order valence-electron chi connectivity index (χ1n) is 5.99. The van der Waals surface area contributed by atoms with Gasteiger partial charge in [0.2, 0.25) is 5.91 Å². The molecule has 0 bridgehead atoms. The zero-order chi connectivity index (χ0) is 11.4. The maximum Gasteiger partial charge on any atom is 0.223 e. The number of carbonyl (C=O) groups is 1. The van der Waals surface area contributed by atoms with Crippen molar-refractivity contribution >= 4 is 5.91 Å². The molecule has 1 rings (SSSR count). The Kier molecular flexibility index (Phi) is 4.58. The predicted molar refractivity (Wildman–Crippen MR) is 60.4 cm³/mol. The van der Waals surface area contributed by atoms with Crippen molar-refractivity contribution < 1.29 is 9.90 Å². The SMILES string of the molecule is CC(C)C(C)C(=O)NC1CCC(O)CC1. The summed E-state index contributed by atoms with van der Waals surface area (Å²) in [6.07, 6.45) is 3.32. The van der Waals surface area contributed by atoms with E-state index >= 15 is 0 Å². The second kappa shape index (κ2) is 5.50. The van der Waals surface area contributed by atoms with Crippen LogP contribution >= 0.6 is 0 Å². The Hall–Kier alpha value is -0.570. The van der Waals surface area contributed by atoms with Gasteiger partial charge < -0.3 is 10.4 Å². The highest BCUT2D eigenvalue weighted by atomic mass is 16.3. The van der Waals surface area contributed by atoms with Crippen molar-refractivity contribution in [1.82, 2.24) is 5.32 Å². The van der Waals surface area contributed by atoms with Crippen LogP contribution in [0.25, 0.3) is 0 Å². The van der Waals surface area contributed by atoms with Crippen LogP contribution in [0.2, 0.25) is 0 Å². The summed E-state index contributed by atoms with van der Waals surface area (Å²) in [4.78, 5) is 11.8. The molecule has 0 aromatic rings. The molecule has 0 aliphatic heterocycles. The summed E-state index contributed by atoms with van der Waals surface area (Å²) in [6.45, 7) is 6.10. The van der Waals surface area contributed by atoms with Gasteiger partial charge in [0, 0.05) is 12.0 Å². The van der Waals surface area contributed by atoms with Crippen molar-refractivity contribution in [2.75, 3.05) is 0 Å². The molecule has 1 aliphatic rings. The number of aliphatic hydroxyl groups excluding tert-OH is 1. The highest BCUT2D eigenvalue weighted by Gasteiger charge is 2.23. The summed E-state index contributed by atoms with van der Waals surface area (Å²) < 4.78 is 0. The Morgan fingerprint density at radius 3 is 2.20 bits per heavy atom. The Balaban J connectivity index is 2.32. The fourth-order valence-electron chi connectivity index (χ4n) is 1.86. The lowest BCUT2D eigenvalue weighted by molar-refractivity contribution is -0.126. The zero-order valence-corrected chi connectivity index (χ0v) is 9.99. The minimum Gasteiger partial charge on any atom is -0.393 e. The standard InChI is InChI=1S/C12H23NO2/c1-8(2)9(3)12(15)13-10-4-6-11(14)7-5-10/h8-11,14H,4-7H2,1-3H3,(H,13,15). The summed E-state index contributed by atoms with van der Waals surface area (Å²) in [5.74, 6) is 0.627. The van der Waals surface area contributed by atoms with Gasteiger partial charge in [-0.05, 0) is 31.6 Å². The monoisotopic (exact) mass is 213 g/mol. The van der Waals surface area contributed by atoms with E-state index in [2.05, 4.69) is 19.2 Å². The third-order valence-corrected chi connectivity index (χ3v) is 3.46. The molecule has 2 N–H and O–H groups in total. The molecule has 0 aromatic heterocycles. The van der Waals surface area contributed by atoms with Gasteiger partial charge >= 0.3 is 0 Å². The van der Waals surface area contributed by atoms with E-state index in [4.69, 9.17) is 0 Å². The molecule has 1 saturated carbocycles. The molecule has 1 unspecified atom stereocenters. The van der Waals surface area contributed by atoms with Crippen molar-refractivity contribution in [2.45, 2.75) is 58.6 Å². The van der Waals surface area contributed by atoms with E-state index in [1.54, 1.807) is 0 Å². The van der Waals surface area contributed by atoms with Gasteiger partial charge in [0.15, 0.2) is 0 Å². The third-order valence-electron chi connectivity index (χ3n) is 3.46. The molecule has 1 atom stereocenters. The summed E-state index contributed by atoms with van der Waals surface area (Å²) in [6, 6.07) is 0.280. The summed E-state index contributed by atoms with van der Waals surface area (Å²) in [5, 5.41) is 12.4. The Morgan fingerprint density at radius 2 is 1.73 bits per heavy atom. The summed E-state index contributed by atoms with van der Waals surface area (Å²) in [7, 11) is 0. The minimum absolute atomic E-state index is 0.0804. The lowest BCUT2D eigenvalue weighted by Gasteiger charge is -2.28. The van der Waals surface area contributed by atoms with E-state index in [-0.39, 0.29) is 24.0 Å². The molecule has 15 heavy (non-hydrogen) atoms. The average molecular weight is 213 g/mol. The second-order valence-electron chi connectivity index (χ2n) is 5.05. The highest BCUT2D eigenvalue weighted by Crippen LogP contribution is 2.19. The summed E-state index contributed by atoms with van der Waals surface area (Å²) >= 11 is 0. The molecule has 1 aliphatic carbocycles. The second-order valence-corrected chi connectivity index (χ2v) is 5.05. The smallest absolute Gasteiger partial charge is 0.223 e. The predicted octanol–water partition coefficient (Wildman–Crippen LogP) is 1.70. The average Bonchev–Trinajstić information content (AvgIpc) is 2.20. The molecule has 1 amide bonds. The first-order chi connectivity index (χ1) is 7.00. The van der Waals surface area contributed by atoms with E-state index in [9.17, 15) is 9.90 Å². The van der Waals surface area contributed by atoms with Crippen LogP contribution in [0.3, 0.4) is 0 Å². The molecular weight excluding hydrogens is 190 g/mol. The molecule has 3 nitrogen and oxygen atoms in total. The van der Waals surface area contributed by atoms with Crippen LogP contribution in [0, 0.1) is 11.8 Å². The quantitative estimate of drug-likeness (QED) is 0.749. The van der Waals surface area contributed by atoms with Gasteiger partial charge in [0.1, 0.15) is 0 Å². The topological polar surface area (TPSA) is 49.3 Å². The van der Waals surface area contributed by atoms with Crippen molar-refractivity contribution in [2.24, 2.45) is 11.8 Å². The number of amides is 1. The normalized spacial score (nSPS) is 28.9. The van der Waals surface area contributed by atoms with Crippen LogP contribution in [0.5, 0.6) is 0 Å². The van der Waals surface area contributed by atoms with Gasteiger partial charge in [-0.25, -0.2) is 0 Å². The van der Waals surface area contributed by atoms with Gasteiger partial charge in [-0.15, -0.1) is 0 Å². The molecule has 0 spiro atoms. The fourth-order valence-corrected chi connectivity index (χ4v) is 1.86. The number of carbonyl (C=O) groups excluding carboxylic acids is 1. The highest BCUT2D eigenvalue weighted by molar-refractivity contribution is 5.78. The van der Waals surface area contributed by atoms with Crippen molar-refractivity contribution in [3.8, 4) is 0 Å². The maximum absolute atomic E-state index is 11.8. The van der Waals surface area contributed by atoms with E-state index in [0.717, 1.165) is 25.7 Å². The van der Waals surface area contributed by atoms with Crippen molar-refractivity contribution in [1.29, 1.82) is 0 Å². The number of nitrogens with one attached hydrogen (secondary N) is 1. The Morgan fingerprint density at radius 1 is 1.20 bits per heavy atom. The van der Waals surface area contributed by atoms with E-state index in [0.29, 0.717) is 5.92 Å². The van der Waals surface area contributed by atoms with Crippen LogP contribution in [-0.2, 0) is 4.79 Å². The lowest BCUT2D eigenvalue weighted by atomic mass is 9.91. The first kappa shape index (κ1) is 12.5. The van der Waals surface area contributed by atoms with Gasteiger partial charge in [-0.2, -0.15) is 0 Å². The lowest BCUT2D eigenvalue weighted by Crippen LogP contribution is -2.42. The third kappa shape index (κ3) is 3.82. The summed E-state index contributed by atoms with van der Waals surface area (Å²) in [5.41, 5.74) is 0. The zero-order valence-electron chi connectivity index (χ0n) is 9.99. The van der Waals surface area contributed by atoms with Gasteiger partial charge in [-0.1, -0.05) is 20.8 Å². The number of hydrogen-bond donors (Lipinski definition) is 2. The Bertz CT molecular complexity index is 208. The van der Waals surface area contributed by atoms with Gasteiger partial charge in [-0.3, -0.25) is 4.79 Å². The van der Waals surface area contributed by atoms with Crippen LogP contribution < -0.4 is 5.32 Å². The van der Waals surface area contributed by atoms with Crippen LogP contribution in [-0.4, -0.2) is 23.2 Å².